The van der Waals surface area contributed by atoms with E-state index < -0.39 is 5.79 Å². The standard InChI is InChI=1S/C19H24BrNO2S/c1-13(20)17(16-12-22-19(2,3)23-16)15-9-10-21(18(15)24)11-14-7-5-4-6-8-14/h4-8,15-17H,1,9-12H2,2-3H3/t15-,16-,17-/m1/s1. The van der Waals surface area contributed by atoms with Crippen LogP contribution in [0.15, 0.2) is 41.4 Å². The average molecular weight is 410 g/mol. The number of halogens is 1. The van der Waals surface area contributed by atoms with Crippen LogP contribution in [0.5, 0.6) is 0 Å². The normalized spacial score (nSPS) is 27.5. The first-order valence-corrected chi connectivity index (χ1v) is 9.56. The molecule has 3 nitrogen and oxygen atoms in total. The van der Waals surface area contributed by atoms with Gasteiger partial charge in [0.2, 0.25) is 0 Å². The predicted octanol–water partition coefficient (Wildman–Crippen LogP) is 4.51. The van der Waals surface area contributed by atoms with Crippen molar-refractivity contribution in [2.24, 2.45) is 11.8 Å². The van der Waals surface area contributed by atoms with Crippen molar-refractivity contribution in [3.05, 3.63) is 47.0 Å². The maximum absolute atomic E-state index is 6.10. The molecular weight excluding hydrogens is 386 g/mol. The molecule has 5 heteroatoms. The Morgan fingerprint density at radius 1 is 1.42 bits per heavy atom. The molecule has 0 aromatic heterocycles. The topological polar surface area (TPSA) is 21.7 Å². The number of thiocarbonyl (C=S) groups is 1. The quantitative estimate of drug-likeness (QED) is 0.666. The van der Waals surface area contributed by atoms with Crippen molar-refractivity contribution >= 4 is 33.1 Å². The van der Waals surface area contributed by atoms with E-state index in [1.807, 2.05) is 19.9 Å². The monoisotopic (exact) mass is 409 g/mol. The van der Waals surface area contributed by atoms with Gasteiger partial charge in [0.15, 0.2) is 5.79 Å². The van der Waals surface area contributed by atoms with Gasteiger partial charge in [-0.05, 0) is 30.3 Å². The minimum absolute atomic E-state index is 0.00787. The Hall–Kier alpha value is -0.750. The lowest BCUT2D eigenvalue weighted by molar-refractivity contribution is -0.143. The van der Waals surface area contributed by atoms with E-state index in [4.69, 9.17) is 21.7 Å². The Morgan fingerprint density at radius 2 is 2.12 bits per heavy atom. The molecule has 24 heavy (non-hydrogen) atoms. The van der Waals surface area contributed by atoms with Crippen molar-refractivity contribution in [2.45, 2.75) is 38.7 Å². The molecule has 0 spiro atoms. The number of benzene rings is 1. The van der Waals surface area contributed by atoms with E-state index in [0.29, 0.717) is 6.61 Å². The fourth-order valence-electron chi connectivity index (χ4n) is 3.63. The van der Waals surface area contributed by atoms with E-state index in [2.05, 4.69) is 51.7 Å². The van der Waals surface area contributed by atoms with Gasteiger partial charge in [0.25, 0.3) is 0 Å². The molecule has 0 aliphatic carbocycles. The summed E-state index contributed by atoms with van der Waals surface area (Å²) in [5.41, 5.74) is 1.29. The van der Waals surface area contributed by atoms with Crippen LogP contribution in [0.3, 0.4) is 0 Å². The van der Waals surface area contributed by atoms with Gasteiger partial charge in [-0.3, -0.25) is 0 Å². The molecule has 1 aromatic carbocycles. The molecule has 0 saturated carbocycles. The van der Waals surface area contributed by atoms with Crippen LogP contribution in [-0.4, -0.2) is 34.9 Å². The minimum atomic E-state index is -0.532. The van der Waals surface area contributed by atoms with Crippen LogP contribution in [0.25, 0.3) is 0 Å². The van der Waals surface area contributed by atoms with E-state index in [-0.39, 0.29) is 17.9 Å². The number of nitrogens with zero attached hydrogens (tertiary/aromatic N) is 1. The number of rotatable bonds is 5. The third kappa shape index (κ3) is 3.90. The molecule has 3 rings (SSSR count). The number of likely N-dealkylation sites (tertiary alicyclic amines) is 1. The third-order valence-electron chi connectivity index (χ3n) is 4.78. The van der Waals surface area contributed by atoms with Crippen LogP contribution >= 0.6 is 28.1 Å². The van der Waals surface area contributed by atoms with Crippen molar-refractivity contribution < 1.29 is 9.47 Å². The summed E-state index contributed by atoms with van der Waals surface area (Å²) in [6, 6.07) is 10.5. The van der Waals surface area contributed by atoms with E-state index in [1.54, 1.807) is 0 Å². The highest BCUT2D eigenvalue weighted by Gasteiger charge is 2.44. The van der Waals surface area contributed by atoms with Gasteiger partial charge in [0.1, 0.15) is 0 Å². The molecule has 2 heterocycles. The first kappa shape index (κ1) is 18.1. The maximum Gasteiger partial charge on any atom is 0.163 e. The summed E-state index contributed by atoms with van der Waals surface area (Å²) in [6.45, 7) is 10.5. The molecule has 2 fully saturated rings. The molecule has 130 valence electrons. The molecule has 0 amide bonds. The molecule has 2 aliphatic heterocycles. The SMILES string of the molecule is C=C(Br)[C@@H]([C@H]1COC(C)(C)O1)[C@H]1CCN(Cc2ccccc2)C1=S. The molecule has 0 bridgehead atoms. The van der Waals surface area contributed by atoms with Crippen LogP contribution < -0.4 is 0 Å². The lowest BCUT2D eigenvalue weighted by Gasteiger charge is -2.29. The van der Waals surface area contributed by atoms with Crippen molar-refractivity contribution in [3.8, 4) is 0 Å². The second-order valence-corrected chi connectivity index (χ2v) is 8.42. The summed E-state index contributed by atoms with van der Waals surface area (Å²) in [5.74, 6) is -0.131. The summed E-state index contributed by atoms with van der Waals surface area (Å²) in [7, 11) is 0. The lowest BCUT2D eigenvalue weighted by atomic mass is 9.87. The molecule has 2 aliphatic rings. The average Bonchev–Trinajstić information content (AvgIpc) is 3.05. The fourth-order valence-corrected chi connectivity index (χ4v) is 4.66. The van der Waals surface area contributed by atoms with Crippen molar-refractivity contribution in [3.63, 3.8) is 0 Å². The largest absolute Gasteiger partial charge is 0.362 e. The Balaban J connectivity index is 1.71. The third-order valence-corrected chi connectivity index (χ3v) is 5.87. The Kier molecular flexibility index (Phi) is 5.45. The highest BCUT2D eigenvalue weighted by molar-refractivity contribution is 9.11. The van der Waals surface area contributed by atoms with Crippen LogP contribution in [0.2, 0.25) is 0 Å². The summed E-state index contributed by atoms with van der Waals surface area (Å²) in [6.07, 6.45) is 1.02. The highest BCUT2D eigenvalue weighted by Crippen LogP contribution is 2.40. The summed E-state index contributed by atoms with van der Waals surface area (Å²) >= 11 is 9.42. The minimum Gasteiger partial charge on any atom is -0.362 e. The lowest BCUT2D eigenvalue weighted by Crippen LogP contribution is -2.36. The first-order chi connectivity index (χ1) is 11.4. The van der Waals surface area contributed by atoms with Crippen molar-refractivity contribution in [1.29, 1.82) is 0 Å². The zero-order chi connectivity index (χ0) is 17.3. The molecule has 2 saturated heterocycles. The van der Waals surface area contributed by atoms with Crippen LogP contribution in [0.1, 0.15) is 25.8 Å². The van der Waals surface area contributed by atoms with Gasteiger partial charge in [0, 0.05) is 24.9 Å². The number of hydrogen-bond acceptors (Lipinski definition) is 3. The zero-order valence-electron chi connectivity index (χ0n) is 14.2. The maximum atomic E-state index is 6.10. The van der Waals surface area contributed by atoms with Crippen molar-refractivity contribution in [2.75, 3.05) is 13.2 Å². The van der Waals surface area contributed by atoms with Gasteiger partial charge in [0.05, 0.1) is 17.7 Å². The summed E-state index contributed by atoms with van der Waals surface area (Å²) in [5, 5.41) is 0. The van der Waals surface area contributed by atoms with Gasteiger partial charge >= 0.3 is 0 Å². The molecule has 3 atom stereocenters. The van der Waals surface area contributed by atoms with E-state index in [9.17, 15) is 0 Å². The highest BCUT2D eigenvalue weighted by atomic mass is 79.9. The fraction of sp³-hybridized carbons (Fsp3) is 0.526. The molecular formula is C19H24BrNO2S. The molecule has 0 unspecified atom stereocenters. The van der Waals surface area contributed by atoms with Gasteiger partial charge in [-0.25, -0.2) is 0 Å². The van der Waals surface area contributed by atoms with Crippen LogP contribution in [-0.2, 0) is 16.0 Å². The summed E-state index contributed by atoms with van der Waals surface area (Å²) in [4.78, 5) is 3.32. The smallest absolute Gasteiger partial charge is 0.163 e. The zero-order valence-corrected chi connectivity index (χ0v) is 16.6. The Labute approximate surface area is 158 Å². The summed E-state index contributed by atoms with van der Waals surface area (Å²) < 4.78 is 12.8. The van der Waals surface area contributed by atoms with Gasteiger partial charge < -0.3 is 14.4 Å². The molecule has 1 aromatic rings. The van der Waals surface area contributed by atoms with E-state index in [0.717, 1.165) is 29.0 Å². The van der Waals surface area contributed by atoms with Crippen LogP contribution in [0.4, 0.5) is 0 Å². The second-order valence-electron chi connectivity index (χ2n) is 6.98. The van der Waals surface area contributed by atoms with Gasteiger partial charge in [-0.1, -0.05) is 65.1 Å². The van der Waals surface area contributed by atoms with E-state index >= 15 is 0 Å². The van der Waals surface area contributed by atoms with Gasteiger partial charge in [-0.15, -0.1) is 0 Å². The molecule has 0 N–H and O–H groups in total. The Morgan fingerprint density at radius 3 is 2.71 bits per heavy atom. The first-order valence-electron chi connectivity index (χ1n) is 8.36. The molecule has 0 radical (unpaired) electrons. The van der Waals surface area contributed by atoms with Crippen LogP contribution in [0, 0.1) is 11.8 Å². The number of hydrogen-bond donors (Lipinski definition) is 0. The second kappa shape index (κ2) is 7.24. The predicted molar refractivity (Wildman–Crippen MR) is 104 cm³/mol. The number of ether oxygens (including phenoxy) is 2. The van der Waals surface area contributed by atoms with E-state index in [1.165, 1.54) is 5.56 Å². The van der Waals surface area contributed by atoms with Crippen molar-refractivity contribution in [1.82, 2.24) is 4.90 Å². The van der Waals surface area contributed by atoms with Gasteiger partial charge in [-0.2, -0.15) is 0 Å². The Bertz CT molecular complexity index is 619.